The van der Waals surface area contributed by atoms with Crippen molar-refractivity contribution in [2.45, 2.75) is 19.1 Å². The Morgan fingerprint density at radius 3 is 3.10 bits per heavy atom. The van der Waals surface area contributed by atoms with Gasteiger partial charge in [-0.1, -0.05) is 27.5 Å². The number of halogens is 2. The van der Waals surface area contributed by atoms with Crippen LogP contribution in [-0.2, 0) is 6.54 Å². The molecule has 1 atom stereocenters. The number of furan rings is 1. The third kappa shape index (κ3) is 2.87. The SMILES string of the molecule is CN1CCC(Oc2cc(Br)ccc2Cl)c2ccoc2C1. The molecule has 1 aromatic heterocycles. The predicted octanol–water partition coefficient (Wildman–Crippen LogP) is 4.65. The van der Waals surface area contributed by atoms with Crippen LogP contribution in [0.25, 0.3) is 0 Å². The van der Waals surface area contributed by atoms with Gasteiger partial charge in [0.15, 0.2) is 0 Å². The van der Waals surface area contributed by atoms with Crippen LogP contribution in [-0.4, -0.2) is 18.5 Å². The highest BCUT2D eigenvalue weighted by Gasteiger charge is 2.25. The van der Waals surface area contributed by atoms with Crippen LogP contribution in [0.4, 0.5) is 0 Å². The van der Waals surface area contributed by atoms with E-state index in [2.05, 4.69) is 27.9 Å². The lowest BCUT2D eigenvalue weighted by molar-refractivity contribution is 0.182. The second-order valence-corrected chi connectivity index (χ2v) is 6.33. The van der Waals surface area contributed by atoms with Crippen LogP contribution in [0.5, 0.6) is 5.75 Å². The fourth-order valence-electron chi connectivity index (χ4n) is 2.43. The van der Waals surface area contributed by atoms with E-state index in [9.17, 15) is 0 Å². The summed E-state index contributed by atoms with van der Waals surface area (Å²) in [6, 6.07) is 7.63. The van der Waals surface area contributed by atoms with Crippen LogP contribution in [0, 0.1) is 0 Å². The van der Waals surface area contributed by atoms with Crippen molar-refractivity contribution in [1.29, 1.82) is 0 Å². The first-order chi connectivity index (χ1) is 9.63. The third-order valence-electron chi connectivity index (χ3n) is 3.48. The average Bonchev–Trinajstić information content (AvgIpc) is 2.81. The van der Waals surface area contributed by atoms with Crippen LogP contribution in [0.1, 0.15) is 23.8 Å². The number of fused-ring (bicyclic) bond motifs is 1. The molecular formula is C15H15BrClNO2. The van der Waals surface area contributed by atoms with Crippen LogP contribution >= 0.6 is 27.5 Å². The topological polar surface area (TPSA) is 25.6 Å². The fraction of sp³-hybridized carbons (Fsp3) is 0.333. The molecule has 5 heteroatoms. The summed E-state index contributed by atoms with van der Waals surface area (Å²) in [5.74, 6) is 1.67. The monoisotopic (exact) mass is 355 g/mol. The van der Waals surface area contributed by atoms with Gasteiger partial charge in [0, 0.05) is 23.0 Å². The van der Waals surface area contributed by atoms with Crippen molar-refractivity contribution in [3.63, 3.8) is 0 Å². The van der Waals surface area contributed by atoms with Gasteiger partial charge in [-0.15, -0.1) is 0 Å². The number of hydrogen-bond acceptors (Lipinski definition) is 3. The molecule has 0 radical (unpaired) electrons. The van der Waals surface area contributed by atoms with E-state index >= 15 is 0 Å². The van der Waals surface area contributed by atoms with Gasteiger partial charge in [0.2, 0.25) is 0 Å². The van der Waals surface area contributed by atoms with E-state index in [-0.39, 0.29) is 6.10 Å². The fourth-order valence-corrected chi connectivity index (χ4v) is 2.93. The summed E-state index contributed by atoms with van der Waals surface area (Å²) in [5, 5.41) is 0.621. The van der Waals surface area contributed by atoms with Gasteiger partial charge in [0.1, 0.15) is 17.6 Å². The van der Waals surface area contributed by atoms with Gasteiger partial charge < -0.3 is 9.15 Å². The molecule has 0 amide bonds. The normalized spacial score (nSPS) is 19.4. The smallest absolute Gasteiger partial charge is 0.139 e. The van der Waals surface area contributed by atoms with Crippen LogP contribution < -0.4 is 4.74 Å². The summed E-state index contributed by atoms with van der Waals surface area (Å²) in [6.45, 7) is 1.77. The quantitative estimate of drug-likeness (QED) is 0.783. The molecule has 0 fully saturated rings. The third-order valence-corrected chi connectivity index (χ3v) is 4.28. The average molecular weight is 357 g/mol. The first kappa shape index (κ1) is 14.0. The van der Waals surface area contributed by atoms with Gasteiger partial charge in [-0.05, 0) is 31.3 Å². The van der Waals surface area contributed by atoms with Gasteiger partial charge in [0.25, 0.3) is 0 Å². The summed E-state index contributed by atoms with van der Waals surface area (Å²) in [7, 11) is 2.08. The Balaban J connectivity index is 1.89. The molecule has 0 aliphatic carbocycles. The summed E-state index contributed by atoms with van der Waals surface area (Å²) in [5.41, 5.74) is 1.12. The molecule has 3 rings (SSSR count). The Labute approximate surface area is 131 Å². The molecule has 0 N–H and O–H groups in total. The number of hydrogen-bond donors (Lipinski definition) is 0. The zero-order valence-corrected chi connectivity index (χ0v) is 13.4. The Bertz CT molecular complexity index is 614. The lowest BCUT2D eigenvalue weighted by Crippen LogP contribution is -2.18. The molecule has 2 heterocycles. The molecule has 1 aliphatic rings. The zero-order chi connectivity index (χ0) is 14.1. The molecule has 3 nitrogen and oxygen atoms in total. The summed E-state index contributed by atoms with van der Waals surface area (Å²) >= 11 is 9.65. The standard InChI is InChI=1S/C15H15BrClNO2/c1-18-6-4-13(11-5-7-19-15(11)9-18)20-14-8-10(16)2-3-12(14)17/h2-3,5,7-8,13H,4,6,9H2,1H3. The Hall–Kier alpha value is -0.970. The van der Waals surface area contributed by atoms with Gasteiger partial charge in [-0.2, -0.15) is 0 Å². The largest absolute Gasteiger partial charge is 0.484 e. The molecule has 2 aromatic rings. The summed E-state index contributed by atoms with van der Waals surface area (Å²) < 4.78 is 12.6. The van der Waals surface area contributed by atoms with Gasteiger partial charge in [-0.3, -0.25) is 4.90 Å². The van der Waals surface area contributed by atoms with E-state index < -0.39 is 0 Å². The second-order valence-electron chi connectivity index (χ2n) is 5.01. The zero-order valence-electron chi connectivity index (χ0n) is 11.1. The maximum absolute atomic E-state index is 6.21. The van der Waals surface area contributed by atoms with Crippen molar-refractivity contribution < 1.29 is 9.15 Å². The summed E-state index contributed by atoms with van der Waals surface area (Å²) in [6.07, 6.45) is 2.61. The molecule has 1 unspecified atom stereocenters. The van der Waals surface area contributed by atoms with E-state index in [1.165, 1.54) is 0 Å². The lowest BCUT2D eigenvalue weighted by Gasteiger charge is -2.18. The van der Waals surface area contributed by atoms with Gasteiger partial charge in [0.05, 0.1) is 17.8 Å². The van der Waals surface area contributed by atoms with Gasteiger partial charge in [-0.25, -0.2) is 0 Å². The van der Waals surface area contributed by atoms with Crippen molar-refractivity contribution >= 4 is 27.5 Å². The first-order valence-electron chi connectivity index (χ1n) is 6.50. The van der Waals surface area contributed by atoms with Crippen molar-refractivity contribution in [1.82, 2.24) is 4.90 Å². The van der Waals surface area contributed by atoms with Crippen LogP contribution in [0.15, 0.2) is 39.4 Å². The van der Waals surface area contributed by atoms with Crippen molar-refractivity contribution in [2.24, 2.45) is 0 Å². The Morgan fingerprint density at radius 2 is 2.25 bits per heavy atom. The van der Waals surface area contributed by atoms with E-state index in [1.54, 1.807) is 6.26 Å². The molecule has 1 aliphatic heterocycles. The maximum Gasteiger partial charge on any atom is 0.139 e. The van der Waals surface area contributed by atoms with Crippen molar-refractivity contribution in [3.8, 4) is 5.75 Å². The number of nitrogens with zero attached hydrogens (tertiary/aromatic N) is 1. The minimum absolute atomic E-state index is 0.0273. The molecular weight excluding hydrogens is 342 g/mol. The maximum atomic E-state index is 6.21. The predicted molar refractivity (Wildman–Crippen MR) is 82.2 cm³/mol. The second kappa shape index (κ2) is 5.80. The minimum atomic E-state index is -0.0273. The molecule has 0 saturated heterocycles. The Kier molecular flexibility index (Phi) is 4.06. The van der Waals surface area contributed by atoms with Crippen LogP contribution in [0.3, 0.4) is 0 Å². The van der Waals surface area contributed by atoms with Gasteiger partial charge >= 0.3 is 0 Å². The highest BCUT2D eigenvalue weighted by molar-refractivity contribution is 9.10. The van der Waals surface area contributed by atoms with E-state index in [0.717, 1.165) is 35.3 Å². The minimum Gasteiger partial charge on any atom is -0.484 e. The number of benzene rings is 1. The Morgan fingerprint density at radius 1 is 1.40 bits per heavy atom. The van der Waals surface area contributed by atoms with Crippen molar-refractivity contribution in [2.75, 3.05) is 13.6 Å². The van der Waals surface area contributed by atoms with E-state index in [0.29, 0.717) is 10.8 Å². The molecule has 1 aromatic carbocycles. The lowest BCUT2D eigenvalue weighted by atomic mass is 10.1. The van der Waals surface area contributed by atoms with Crippen molar-refractivity contribution in [3.05, 3.63) is 51.3 Å². The summed E-state index contributed by atoms with van der Waals surface area (Å²) in [4.78, 5) is 2.23. The number of rotatable bonds is 2. The van der Waals surface area contributed by atoms with E-state index in [4.69, 9.17) is 20.8 Å². The molecule has 20 heavy (non-hydrogen) atoms. The number of ether oxygens (including phenoxy) is 1. The molecule has 0 saturated carbocycles. The highest BCUT2D eigenvalue weighted by Crippen LogP contribution is 2.35. The van der Waals surface area contributed by atoms with E-state index in [1.807, 2.05) is 24.3 Å². The molecule has 0 spiro atoms. The van der Waals surface area contributed by atoms with Crippen LogP contribution in [0.2, 0.25) is 5.02 Å². The molecule has 0 bridgehead atoms. The highest BCUT2D eigenvalue weighted by atomic mass is 79.9. The first-order valence-corrected chi connectivity index (χ1v) is 7.67. The molecule has 106 valence electrons.